The Morgan fingerprint density at radius 1 is 1.32 bits per heavy atom. The number of hydrogen-bond acceptors (Lipinski definition) is 6. The summed E-state index contributed by atoms with van der Waals surface area (Å²) in [5.74, 6) is 1.21. The number of guanidine groups is 1. The van der Waals surface area contributed by atoms with E-state index < -0.39 is 0 Å². The minimum absolute atomic E-state index is 0.123. The molecule has 1 unspecified atom stereocenters. The van der Waals surface area contributed by atoms with Crippen molar-refractivity contribution in [3.05, 3.63) is 69.7 Å². The highest BCUT2D eigenvalue weighted by Crippen LogP contribution is 2.24. The van der Waals surface area contributed by atoms with Crippen LogP contribution >= 0.6 is 11.3 Å². The van der Waals surface area contributed by atoms with Crippen LogP contribution in [0.2, 0.25) is 0 Å². The Hall–Kier alpha value is -3.20. The standard InChI is InChI=1S/C22H28N6O2S/c1-5-30-21(29)19-15(2)26-20(31-19)16(3)27-22(23-4)25-13-18-24-11-12-28(18)14-17-9-7-6-8-10-17/h6-12,16H,5,13-14H2,1-4H3,(H2,23,25,27). The number of hydrogen-bond donors (Lipinski definition) is 2. The number of aromatic nitrogens is 3. The zero-order chi connectivity index (χ0) is 22.2. The van der Waals surface area contributed by atoms with Crippen molar-refractivity contribution in [3.63, 3.8) is 0 Å². The summed E-state index contributed by atoms with van der Waals surface area (Å²) in [5.41, 5.74) is 1.90. The fraction of sp³-hybridized carbons (Fsp3) is 0.364. The predicted octanol–water partition coefficient (Wildman–Crippen LogP) is 3.30. The zero-order valence-corrected chi connectivity index (χ0v) is 19.1. The normalized spacial score (nSPS) is 12.5. The first-order chi connectivity index (χ1) is 15.0. The van der Waals surface area contributed by atoms with Crippen molar-refractivity contribution >= 4 is 23.3 Å². The quantitative estimate of drug-likeness (QED) is 0.317. The summed E-state index contributed by atoms with van der Waals surface area (Å²) >= 11 is 1.34. The molecule has 0 spiro atoms. The second-order valence-corrected chi connectivity index (χ2v) is 7.97. The Kier molecular flexibility index (Phi) is 7.77. The molecule has 0 aliphatic heterocycles. The molecule has 31 heavy (non-hydrogen) atoms. The highest BCUT2D eigenvalue weighted by molar-refractivity contribution is 7.13. The van der Waals surface area contributed by atoms with Crippen molar-refractivity contribution in [3.8, 4) is 0 Å². The van der Waals surface area contributed by atoms with Crippen molar-refractivity contribution in [2.45, 2.75) is 39.9 Å². The molecule has 0 saturated heterocycles. The first-order valence-corrected chi connectivity index (χ1v) is 11.0. The van der Waals surface area contributed by atoms with Crippen molar-refractivity contribution in [2.24, 2.45) is 4.99 Å². The van der Waals surface area contributed by atoms with Crippen LogP contribution in [-0.4, -0.2) is 40.1 Å². The summed E-state index contributed by atoms with van der Waals surface area (Å²) in [6, 6.07) is 10.1. The Balaban J connectivity index is 1.60. The number of nitrogens with zero attached hydrogens (tertiary/aromatic N) is 4. The van der Waals surface area contributed by atoms with Crippen molar-refractivity contribution in [1.82, 2.24) is 25.2 Å². The van der Waals surface area contributed by atoms with E-state index in [4.69, 9.17) is 4.74 Å². The molecule has 9 heteroatoms. The number of imidazole rings is 1. The van der Waals surface area contributed by atoms with E-state index in [2.05, 4.69) is 42.3 Å². The Morgan fingerprint density at radius 2 is 2.10 bits per heavy atom. The van der Waals surface area contributed by atoms with Crippen LogP contribution in [0.4, 0.5) is 0 Å². The van der Waals surface area contributed by atoms with Gasteiger partial charge in [-0.3, -0.25) is 4.99 Å². The van der Waals surface area contributed by atoms with Gasteiger partial charge in [0.2, 0.25) is 0 Å². The lowest BCUT2D eigenvalue weighted by atomic mass is 10.2. The zero-order valence-electron chi connectivity index (χ0n) is 18.3. The molecular formula is C22H28N6O2S. The summed E-state index contributed by atoms with van der Waals surface area (Å²) in [7, 11) is 1.72. The molecule has 8 nitrogen and oxygen atoms in total. The molecule has 1 atom stereocenters. The highest BCUT2D eigenvalue weighted by atomic mass is 32.1. The number of ether oxygens (including phenoxy) is 1. The largest absolute Gasteiger partial charge is 0.462 e. The second-order valence-electron chi connectivity index (χ2n) is 6.94. The molecule has 2 heterocycles. The van der Waals surface area contributed by atoms with Crippen molar-refractivity contribution in [2.75, 3.05) is 13.7 Å². The van der Waals surface area contributed by atoms with E-state index in [0.29, 0.717) is 29.7 Å². The number of esters is 1. The van der Waals surface area contributed by atoms with Gasteiger partial charge in [-0.25, -0.2) is 14.8 Å². The van der Waals surface area contributed by atoms with Gasteiger partial charge in [0.1, 0.15) is 15.7 Å². The lowest BCUT2D eigenvalue weighted by molar-refractivity contribution is 0.0531. The molecule has 2 aromatic heterocycles. The van der Waals surface area contributed by atoms with Crippen LogP contribution in [0.5, 0.6) is 0 Å². The first kappa shape index (κ1) is 22.5. The Morgan fingerprint density at radius 3 is 2.81 bits per heavy atom. The van der Waals surface area contributed by atoms with E-state index >= 15 is 0 Å². The molecular weight excluding hydrogens is 412 g/mol. The van der Waals surface area contributed by atoms with E-state index in [0.717, 1.165) is 17.4 Å². The summed E-state index contributed by atoms with van der Waals surface area (Å²) in [6.07, 6.45) is 3.77. The number of benzene rings is 1. The molecule has 3 aromatic rings. The average Bonchev–Trinajstić information content (AvgIpc) is 3.38. The van der Waals surface area contributed by atoms with Gasteiger partial charge in [0.15, 0.2) is 5.96 Å². The number of carbonyl (C=O) groups is 1. The fourth-order valence-corrected chi connectivity index (χ4v) is 4.01. The van der Waals surface area contributed by atoms with Gasteiger partial charge in [0.25, 0.3) is 0 Å². The molecule has 0 amide bonds. The summed E-state index contributed by atoms with van der Waals surface area (Å²) < 4.78 is 7.21. The van der Waals surface area contributed by atoms with E-state index in [-0.39, 0.29) is 12.0 Å². The molecule has 0 fully saturated rings. The predicted molar refractivity (Wildman–Crippen MR) is 122 cm³/mol. The molecule has 2 N–H and O–H groups in total. The van der Waals surface area contributed by atoms with E-state index in [9.17, 15) is 4.79 Å². The maximum atomic E-state index is 12.1. The minimum atomic E-state index is -0.330. The van der Waals surface area contributed by atoms with Gasteiger partial charge < -0.3 is 19.9 Å². The van der Waals surface area contributed by atoms with Gasteiger partial charge >= 0.3 is 5.97 Å². The number of aryl methyl sites for hydroxylation is 1. The molecule has 1 aromatic carbocycles. The van der Waals surface area contributed by atoms with E-state index in [1.807, 2.05) is 38.2 Å². The molecule has 3 rings (SSSR count). The summed E-state index contributed by atoms with van der Waals surface area (Å²) in [6.45, 7) is 7.22. The minimum Gasteiger partial charge on any atom is -0.462 e. The third-order valence-corrected chi connectivity index (χ3v) is 5.95. The lowest BCUT2D eigenvalue weighted by Crippen LogP contribution is -2.38. The van der Waals surface area contributed by atoms with Gasteiger partial charge in [-0.1, -0.05) is 30.3 Å². The molecule has 0 saturated carbocycles. The third kappa shape index (κ3) is 5.91. The van der Waals surface area contributed by atoms with E-state index in [1.54, 1.807) is 20.2 Å². The number of thiazole rings is 1. The molecule has 0 bridgehead atoms. The van der Waals surface area contributed by atoms with Crippen molar-refractivity contribution in [1.29, 1.82) is 0 Å². The van der Waals surface area contributed by atoms with Crippen LogP contribution < -0.4 is 10.6 Å². The lowest BCUT2D eigenvalue weighted by Gasteiger charge is -2.16. The fourth-order valence-electron chi connectivity index (χ4n) is 3.04. The molecule has 0 radical (unpaired) electrons. The topological polar surface area (TPSA) is 93.4 Å². The first-order valence-electron chi connectivity index (χ1n) is 10.2. The number of rotatable bonds is 8. The monoisotopic (exact) mass is 440 g/mol. The van der Waals surface area contributed by atoms with E-state index in [1.165, 1.54) is 16.9 Å². The highest BCUT2D eigenvalue weighted by Gasteiger charge is 2.20. The summed E-state index contributed by atoms with van der Waals surface area (Å²) in [5, 5.41) is 7.43. The van der Waals surface area contributed by atoms with Crippen LogP contribution in [0.1, 0.15) is 51.7 Å². The maximum absolute atomic E-state index is 12.1. The van der Waals surface area contributed by atoms with Gasteiger partial charge in [0, 0.05) is 26.0 Å². The van der Waals surface area contributed by atoms with Crippen LogP contribution in [0.25, 0.3) is 0 Å². The van der Waals surface area contributed by atoms with Crippen LogP contribution in [0.3, 0.4) is 0 Å². The average molecular weight is 441 g/mol. The number of carbonyl (C=O) groups excluding carboxylic acids is 1. The smallest absolute Gasteiger partial charge is 0.350 e. The summed E-state index contributed by atoms with van der Waals surface area (Å²) in [4.78, 5) is 25.9. The van der Waals surface area contributed by atoms with Crippen LogP contribution in [0, 0.1) is 6.92 Å². The third-order valence-electron chi connectivity index (χ3n) is 4.63. The van der Waals surface area contributed by atoms with Gasteiger partial charge in [0.05, 0.1) is 24.9 Å². The Labute approximate surface area is 186 Å². The van der Waals surface area contributed by atoms with Crippen molar-refractivity contribution < 1.29 is 9.53 Å². The number of aliphatic imine (C=N–C) groups is 1. The molecule has 164 valence electrons. The second kappa shape index (κ2) is 10.7. The van der Waals surface area contributed by atoms with Gasteiger partial charge in [-0.15, -0.1) is 11.3 Å². The molecule has 0 aliphatic carbocycles. The maximum Gasteiger partial charge on any atom is 0.350 e. The number of nitrogens with one attached hydrogen (secondary N) is 2. The van der Waals surface area contributed by atoms with Crippen LogP contribution in [0.15, 0.2) is 47.7 Å². The van der Waals surface area contributed by atoms with Gasteiger partial charge in [-0.2, -0.15) is 0 Å². The molecule has 0 aliphatic rings. The Bertz CT molecular complexity index is 1030. The van der Waals surface area contributed by atoms with Gasteiger partial charge in [-0.05, 0) is 26.3 Å². The SMILES string of the molecule is CCOC(=O)c1sc(C(C)NC(=NC)NCc2nccn2Cc2ccccc2)nc1C. The van der Waals surface area contributed by atoms with Crippen LogP contribution in [-0.2, 0) is 17.8 Å².